The molecule has 1 aromatic heterocycles. The van der Waals surface area contributed by atoms with Gasteiger partial charge in [0.25, 0.3) is 5.91 Å². The molecule has 2 unspecified atom stereocenters. The lowest BCUT2D eigenvalue weighted by atomic mass is 10.1. The van der Waals surface area contributed by atoms with Gasteiger partial charge in [0.1, 0.15) is 0 Å². The van der Waals surface area contributed by atoms with Gasteiger partial charge in [-0.25, -0.2) is 0 Å². The lowest BCUT2D eigenvalue weighted by Crippen LogP contribution is -2.35. The molecule has 0 bridgehead atoms. The first-order chi connectivity index (χ1) is 7.20. The van der Waals surface area contributed by atoms with Crippen molar-refractivity contribution in [2.75, 3.05) is 6.54 Å². The first-order valence-electron chi connectivity index (χ1n) is 5.41. The predicted molar refractivity (Wildman–Crippen MR) is 58.5 cm³/mol. The highest BCUT2D eigenvalue weighted by Crippen LogP contribution is 2.24. The zero-order chi connectivity index (χ0) is 10.8. The average molecular weight is 204 g/mol. The lowest BCUT2D eigenvalue weighted by molar-refractivity contribution is 0.0735. The van der Waals surface area contributed by atoms with E-state index in [4.69, 9.17) is 0 Å². The van der Waals surface area contributed by atoms with Crippen LogP contribution in [0.2, 0.25) is 0 Å². The Morgan fingerprint density at radius 1 is 1.40 bits per heavy atom. The first-order valence-corrected chi connectivity index (χ1v) is 5.41. The first kappa shape index (κ1) is 10.1. The van der Waals surface area contributed by atoms with E-state index >= 15 is 0 Å². The number of amides is 1. The van der Waals surface area contributed by atoms with Crippen molar-refractivity contribution in [2.45, 2.75) is 26.3 Å². The standard InChI is InChI=1S/C12H16N2O/c1-9-5-8-14(10(9)2)12(15)11-3-6-13-7-4-11/h3-4,6-7,9-10H,5,8H2,1-2H3. The van der Waals surface area contributed by atoms with Crippen LogP contribution in [0.15, 0.2) is 24.5 Å². The second kappa shape index (κ2) is 4.01. The SMILES string of the molecule is CC1CCN(C(=O)c2ccncc2)C1C. The van der Waals surface area contributed by atoms with Crippen molar-refractivity contribution in [1.82, 2.24) is 9.88 Å². The van der Waals surface area contributed by atoms with Gasteiger partial charge >= 0.3 is 0 Å². The van der Waals surface area contributed by atoms with E-state index in [0.29, 0.717) is 12.0 Å². The molecule has 0 radical (unpaired) electrons. The summed E-state index contributed by atoms with van der Waals surface area (Å²) in [6.07, 6.45) is 4.44. The number of aromatic nitrogens is 1. The molecule has 80 valence electrons. The molecule has 1 amide bonds. The molecule has 0 spiro atoms. The molecule has 1 aromatic rings. The number of nitrogens with zero attached hydrogens (tertiary/aromatic N) is 2. The Hall–Kier alpha value is -1.38. The Kier molecular flexibility index (Phi) is 2.71. The molecular weight excluding hydrogens is 188 g/mol. The molecule has 2 heterocycles. The van der Waals surface area contributed by atoms with E-state index < -0.39 is 0 Å². The van der Waals surface area contributed by atoms with E-state index in [9.17, 15) is 4.79 Å². The normalized spacial score (nSPS) is 25.6. The molecule has 3 nitrogen and oxygen atoms in total. The second-order valence-corrected chi connectivity index (χ2v) is 4.24. The second-order valence-electron chi connectivity index (χ2n) is 4.24. The Morgan fingerprint density at radius 2 is 2.07 bits per heavy atom. The van der Waals surface area contributed by atoms with Gasteiger partial charge in [-0.15, -0.1) is 0 Å². The molecule has 1 aliphatic heterocycles. The highest BCUT2D eigenvalue weighted by atomic mass is 16.2. The summed E-state index contributed by atoms with van der Waals surface area (Å²) in [6, 6.07) is 3.90. The zero-order valence-electron chi connectivity index (χ0n) is 9.18. The van der Waals surface area contributed by atoms with Crippen molar-refractivity contribution < 1.29 is 4.79 Å². The highest BCUT2D eigenvalue weighted by Gasteiger charge is 2.31. The van der Waals surface area contributed by atoms with Gasteiger partial charge in [0.15, 0.2) is 0 Å². The van der Waals surface area contributed by atoms with Gasteiger partial charge in [0.2, 0.25) is 0 Å². The van der Waals surface area contributed by atoms with Gasteiger partial charge in [0.05, 0.1) is 0 Å². The molecule has 2 atom stereocenters. The molecule has 2 rings (SSSR count). The van der Waals surface area contributed by atoms with Crippen LogP contribution in [0.1, 0.15) is 30.6 Å². The van der Waals surface area contributed by atoms with Crippen LogP contribution in [-0.4, -0.2) is 28.4 Å². The van der Waals surface area contributed by atoms with Crippen molar-refractivity contribution in [3.63, 3.8) is 0 Å². The number of rotatable bonds is 1. The largest absolute Gasteiger partial charge is 0.336 e. The zero-order valence-corrected chi connectivity index (χ0v) is 9.18. The summed E-state index contributed by atoms with van der Waals surface area (Å²) in [5.74, 6) is 0.741. The molecule has 1 aliphatic rings. The van der Waals surface area contributed by atoms with E-state index in [1.54, 1.807) is 24.5 Å². The lowest BCUT2D eigenvalue weighted by Gasteiger charge is -2.23. The van der Waals surface area contributed by atoms with Crippen LogP contribution >= 0.6 is 0 Å². The Morgan fingerprint density at radius 3 is 2.60 bits per heavy atom. The van der Waals surface area contributed by atoms with Crippen LogP contribution < -0.4 is 0 Å². The topological polar surface area (TPSA) is 33.2 Å². The Balaban J connectivity index is 2.16. The number of likely N-dealkylation sites (tertiary alicyclic amines) is 1. The average Bonchev–Trinajstić information content (AvgIpc) is 2.60. The summed E-state index contributed by atoms with van der Waals surface area (Å²) in [5, 5.41) is 0. The van der Waals surface area contributed by atoms with E-state index in [2.05, 4.69) is 18.8 Å². The van der Waals surface area contributed by atoms with Crippen LogP contribution in [0, 0.1) is 5.92 Å². The van der Waals surface area contributed by atoms with Crippen LogP contribution in [0.3, 0.4) is 0 Å². The minimum atomic E-state index is 0.134. The summed E-state index contributed by atoms with van der Waals surface area (Å²) < 4.78 is 0. The van der Waals surface area contributed by atoms with E-state index in [1.807, 2.05) is 4.90 Å². The van der Waals surface area contributed by atoms with Crippen molar-refractivity contribution in [3.8, 4) is 0 Å². The van der Waals surface area contributed by atoms with Crippen molar-refractivity contribution in [1.29, 1.82) is 0 Å². The maximum Gasteiger partial charge on any atom is 0.254 e. The maximum atomic E-state index is 12.1. The van der Waals surface area contributed by atoms with Gasteiger partial charge in [-0.1, -0.05) is 6.92 Å². The fourth-order valence-electron chi connectivity index (χ4n) is 2.04. The van der Waals surface area contributed by atoms with E-state index in [-0.39, 0.29) is 5.91 Å². The Bertz CT molecular complexity index is 350. The molecule has 1 saturated heterocycles. The maximum absolute atomic E-state index is 12.1. The summed E-state index contributed by atoms with van der Waals surface area (Å²) >= 11 is 0. The number of carbonyl (C=O) groups is 1. The Labute approximate surface area is 90.1 Å². The summed E-state index contributed by atoms with van der Waals surface area (Å²) in [7, 11) is 0. The summed E-state index contributed by atoms with van der Waals surface area (Å²) in [5.41, 5.74) is 0.742. The number of pyridine rings is 1. The van der Waals surface area contributed by atoms with Gasteiger partial charge in [-0.2, -0.15) is 0 Å². The third-order valence-corrected chi connectivity index (χ3v) is 3.33. The molecule has 0 aromatic carbocycles. The molecule has 0 saturated carbocycles. The van der Waals surface area contributed by atoms with Crippen molar-refractivity contribution >= 4 is 5.91 Å². The predicted octanol–water partition coefficient (Wildman–Crippen LogP) is 1.95. The third kappa shape index (κ3) is 1.87. The van der Waals surface area contributed by atoms with Gasteiger partial charge in [-0.05, 0) is 31.4 Å². The molecular formula is C12H16N2O. The molecule has 3 heteroatoms. The van der Waals surface area contributed by atoms with Crippen LogP contribution in [-0.2, 0) is 0 Å². The molecule has 15 heavy (non-hydrogen) atoms. The number of hydrogen-bond acceptors (Lipinski definition) is 2. The van der Waals surface area contributed by atoms with E-state index in [0.717, 1.165) is 18.5 Å². The van der Waals surface area contributed by atoms with Crippen molar-refractivity contribution in [2.24, 2.45) is 5.92 Å². The smallest absolute Gasteiger partial charge is 0.254 e. The molecule has 0 N–H and O–H groups in total. The number of hydrogen-bond donors (Lipinski definition) is 0. The fraction of sp³-hybridized carbons (Fsp3) is 0.500. The van der Waals surface area contributed by atoms with Crippen LogP contribution in [0.5, 0.6) is 0 Å². The monoisotopic (exact) mass is 204 g/mol. The summed E-state index contributed by atoms with van der Waals surface area (Å²) in [6.45, 7) is 5.20. The van der Waals surface area contributed by atoms with E-state index in [1.165, 1.54) is 0 Å². The fourth-order valence-corrected chi connectivity index (χ4v) is 2.04. The van der Waals surface area contributed by atoms with Crippen LogP contribution in [0.4, 0.5) is 0 Å². The van der Waals surface area contributed by atoms with Gasteiger partial charge in [-0.3, -0.25) is 9.78 Å². The van der Waals surface area contributed by atoms with Gasteiger partial charge in [0, 0.05) is 30.5 Å². The summed E-state index contributed by atoms with van der Waals surface area (Å²) in [4.78, 5) is 18.0. The van der Waals surface area contributed by atoms with Crippen LogP contribution in [0.25, 0.3) is 0 Å². The van der Waals surface area contributed by atoms with Gasteiger partial charge < -0.3 is 4.90 Å². The third-order valence-electron chi connectivity index (χ3n) is 3.33. The minimum Gasteiger partial charge on any atom is -0.336 e. The highest BCUT2D eigenvalue weighted by molar-refractivity contribution is 5.94. The number of carbonyl (C=O) groups excluding carboxylic acids is 1. The van der Waals surface area contributed by atoms with Crippen molar-refractivity contribution in [3.05, 3.63) is 30.1 Å². The molecule has 0 aliphatic carbocycles. The quantitative estimate of drug-likeness (QED) is 0.700. The molecule has 1 fully saturated rings. The minimum absolute atomic E-state index is 0.134.